The van der Waals surface area contributed by atoms with Crippen LogP contribution in [-0.2, 0) is 5.41 Å². The van der Waals surface area contributed by atoms with Crippen molar-refractivity contribution in [3.63, 3.8) is 0 Å². The van der Waals surface area contributed by atoms with Crippen molar-refractivity contribution < 1.29 is 0 Å². The molecule has 0 amide bonds. The fraction of sp³-hybridized carbons (Fsp3) is 0.385. The van der Waals surface area contributed by atoms with Crippen molar-refractivity contribution in [1.82, 2.24) is 9.97 Å². The van der Waals surface area contributed by atoms with Gasteiger partial charge < -0.3 is 0 Å². The second-order valence-corrected chi connectivity index (χ2v) is 6.73. The lowest BCUT2D eigenvalue weighted by atomic mass is 9.92. The fourth-order valence-corrected chi connectivity index (χ4v) is 2.45. The monoisotopic (exact) mass is 266 g/mol. The highest BCUT2D eigenvalue weighted by molar-refractivity contribution is 7.15. The number of nitrogens with zero attached hydrogens (tertiary/aromatic N) is 2. The summed E-state index contributed by atoms with van der Waals surface area (Å²) in [5.74, 6) is 0.723. The van der Waals surface area contributed by atoms with Crippen molar-refractivity contribution in [2.75, 3.05) is 0 Å². The molecule has 2 aromatic heterocycles. The van der Waals surface area contributed by atoms with Crippen LogP contribution in [0.3, 0.4) is 0 Å². The molecule has 0 saturated carbocycles. The first-order valence-corrected chi connectivity index (χ1v) is 6.67. The Morgan fingerprint density at radius 2 is 1.88 bits per heavy atom. The van der Waals surface area contributed by atoms with Crippen molar-refractivity contribution in [1.29, 1.82) is 0 Å². The smallest absolute Gasteiger partial charge is 0.171 e. The highest BCUT2D eigenvalue weighted by atomic mass is 35.5. The zero-order chi connectivity index (χ0) is 12.6. The lowest BCUT2D eigenvalue weighted by Gasteiger charge is -2.18. The SMILES string of the molecule is Cc1ccc(-c2nc(Cl)cc(C(C)(C)C)n2)s1. The minimum atomic E-state index is -0.0202. The van der Waals surface area contributed by atoms with Gasteiger partial charge >= 0.3 is 0 Å². The third kappa shape index (κ3) is 2.85. The van der Waals surface area contributed by atoms with Crippen LogP contribution in [0.4, 0.5) is 0 Å². The van der Waals surface area contributed by atoms with Crippen molar-refractivity contribution in [2.45, 2.75) is 33.1 Å². The van der Waals surface area contributed by atoms with E-state index in [1.165, 1.54) is 4.88 Å². The quantitative estimate of drug-likeness (QED) is 0.712. The van der Waals surface area contributed by atoms with E-state index in [4.69, 9.17) is 11.6 Å². The second-order valence-electron chi connectivity index (χ2n) is 5.06. The Bertz CT molecular complexity index is 541. The van der Waals surface area contributed by atoms with Crippen molar-refractivity contribution >= 4 is 22.9 Å². The van der Waals surface area contributed by atoms with Gasteiger partial charge in [0.2, 0.25) is 0 Å². The molecule has 0 spiro atoms. The summed E-state index contributed by atoms with van der Waals surface area (Å²) >= 11 is 7.75. The number of halogens is 1. The summed E-state index contributed by atoms with van der Waals surface area (Å²) < 4.78 is 0. The largest absolute Gasteiger partial charge is 0.232 e. The minimum Gasteiger partial charge on any atom is -0.232 e. The van der Waals surface area contributed by atoms with Crippen LogP contribution in [0.15, 0.2) is 18.2 Å². The van der Waals surface area contributed by atoms with Gasteiger partial charge in [0.25, 0.3) is 0 Å². The number of aryl methyl sites for hydroxylation is 1. The molecule has 0 bridgehead atoms. The number of rotatable bonds is 1. The third-order valence-corrected chi connectivity index (χ3v) is 3.61. The number of aromatic nitrogens is 2. The molecule has 0 aliphatic heterocycles. The van der Waals surface area contributed by atoms with Crippen molar-refractivity contribution in [2.24, 2.45) is 0 Å². The van der Waals surface area contributed by atoms with Crippen LogP contribution in [0.1, 0.15) is 31.3 Å². The van der Waals surface area contributed by atoms with Crippen LogP contribution in [0, 0.1) is 6.92 Å². The predicted octanol–water partition coefficient (Wildman–Crippen LogP) is 4.46. The van der Waals surface area contributed by atoms with E-state index >= 15 is 0 Å². The Morgan fingerprint density at radius 1 is 1.18 bits per heavy atom. The summed E-state index contributed by atoms with van der Waals surface area (Å²) in [6.45, 7) is 8.43. The standard InChI is InChI=1S/C13H15ClN2S/c1-8-5-6-9(17-8)12-15-10(13(2,3)4)7-11(14)16-12/h5-7H,1-4H3. The Labute approximate surface area is 111 Å². The highest BCUT2D eigenvalue weighted by Crippen LogP contribution is 2.29. The maximum Gasteiger partial charge on any atom is 0.171 e. The van der Waals surface area contributed by atoms with Crippen LogP contribution >= 0.6 is 22.9 Å². The van der Waals surface area contributed by atoms with E-state index < -0.39 is 0 Å². The average Bonchev–Trinajstić information content (AvgIpc) is 2.62. The Balaban J connectivity index is 2.52. The van der Waals surface area contributed by atoms with E-state index in [2.05, 4.69) is 43.7 Å². The molecule has 0 aliphatic rings. The van der Waals surface area contributed by atoms with Gasteiger partial charge in [-0.3, -0.25) is 0 Å². The molecule has 4 heteroatoms. The van der Waals surface area contributed by atoms with Crippen LogP contribution in [-0.4, -0.2) is 9.97 Å². The predicted molar refractivity (Wildman–Crippen MR) is 73.8 cm³/mol. The minimum absolute atomic E-state index is 0.0202. The molecule has 0 fully saturated rings. The summed E-state index contributed by atoms with van der Waals surface area (Å²) in [5, 5.41) is 0.506. The van der Waals surface area contributed by atoms with E-state index in [0.29, 0.717) is 5.15 Å². The van der Waals surface area contributed by atoms with Crippen LogP contribution < -0.4 is 0 Å². The number of hydrogen-bond donors (Lipinski definition) is 0. The van der Waals surface area contributed by atoms with Crippen LogP contribution in [0.2, 0.25) is 5.15 Å². The zero-order valence-electron chi connectivity index (χ0n) is 10.4. The van der Waals surface area contributed by atoms with Gasteiger partial charge in [0.15, 0.2) is 5.82 Å². The molecule has 0 radical (unpaired) electrons. The normalized spacial score (nSPS) is 11.8. The zero-order valence-corrected chi connectivity index (χ0v) is 12.0. The molecule has 0 saturated heterocycles. The summed E-state index contributed by atoms with van der Waals surface area (Å²) in [4.78, 5) is 11.2. The molecular weight excluding hydrogens is 252 g/mol. The molecule has 0 aromatic carbocycles. The Hall–Kier alpha value is -0.930. The highest BCUT2D eigenvalue weighted by Gasteiger charge is 2.18. The maximum atomic E-state index is 6.07. The Morgan fingerprint density at radius 3 is 2.41 bits per heavy atom. The molecule has 2 heterocycles. The molecule has 2 rings (SSSR count). The van der Waals surface area contributed by atoms with E-state index in [9.17, 15) is 0 Å². The van der Waals surface area contributed by atoms with Crippen molar-refractivity contribution in [3.8, 4) is 10.7 Å². The van der Waals surface area contributed by atoms with Crippen LogP contribution in [0.25, 0.3) is 10.7 Å². The van der Waals surface area contributed by atoms with Crippen molar-refractivity contribution in [3.05, 3.63) is 33.9 Å². The molecule has 2 aromatic rings. The van der Waals surface area contributed by atoms with Gasteiger partial charge in [-0.2, -0.15) is 0 Å². The fourth-order valence-electron chi connectivity index (χ4n) is 1.47. The van der Waals surface area contributed by atoms with E-state index in [1.54, 1.807) is 11.3 Å². The third-order valence-electron chi connectivity index (χ3n) is 2.42. The average molecular weight is 267 g/mol. The first kappa shape index (κ1) is 12.5. The van der Waals surface area contributed by atoms with Crippen LogP contribution in [0.5, 0.6) is 0 Å². The molecular formula is C13H15ClN2S. The molecule has 2 nitrogen and oxygen atoms in total. The molecule has 17 heavy (non-hydrogen) atoms. The first-order chi connectivity index (χ1) is 7.86. The van der Waals surface area contributed by atoms with E-state index in [-0.39, 0.29) is 5.41 Å². The molecule has 90 valence electrons. The summed E-state index contributed by atoms with van der Waals surface area (Å²) in [6, 6.07) is 5.95. The van der Waals surface area contributed by atoms with Gasteiger partial charge in [-0.1, -0.05) is 32.4 Å². The molecule has 0 N–H and O–H groups in total. The lowest BCUT2D eigenvalue weighted by Crippen LogP contribution is -2.14. The topological polar surface area (TPSA) is 25.8 Å². The van der Waals surface area contributed by atoms with Gasteiger partial charge in [0.1, 0.15) is 5.15 Å². The number of thiophene rings is 1. The van der Waals surface area contributed by atoms with E-state index in [0.717, 1.165) is 16.4 Å². The molecule has 0 unspecified atom stereocenters. The van der Waals surface area contributed by atoms with Gasteiger partial charge in [-0.25, -0.2) is 9.97 Å². The van der Waals surface area contributed by atoms with E-state index in [1.807, 2.05) is 12.1 Å². The summed E-state index contributed by atoms with van der Waals surface area (Å²) in [6.07, 6.45) is 0. The van der Waals surface area contributed by atoms with Gasteiger partial charge in [0, 0.05) is 10.3 Å². The van der Waals surface area contributed by atoms with Gasteiger partial charge in [0.05, 0.1) is 10.6 Å². The first-order valence-electron chi connectivity index (χ1n) is 5.48. The lowest BCUT2D eigenvalue weighted by molar-refractivity contribution is 0.568. The maximum absolute atomic E-state index is 6.07. The Kier molecular flexibility index (Phi) is 3.23. The second kappa shape index (κ2) is 4.39. The molecule has 0 aliphatic carbocycles. The summed E-state index contributed by atoms with van der Waals surface area (Å²) in [7, 11) is 0. The summed E-state index contributed by atoms with van der Waals surface area (Å²) in [5.41, 5.74) is 0.951. The van der Waals surface area contributed by atoms with Gasteiger partial charge in [-0.15, -0.1) is 11.3 Å². The van der Waals surface area contributed by atoms with Gasteiger partial charge in [-0.05, 0) is 25.1 Å². The number of hydrogen-bond acceptors (Lipinski definition) is 3. The molecule has 0 atom stereocenters.